The van der Waals surface area contributed by atoms with E-state index >= 15 is 0 Å². The second-order valence-corrected chi connectivity index (χ2v) is 4.10. The van der Waals surface area contributed by atoms with E-state index in [1.165, 1.54) is 12.4 Å². The summed E-state index contributed by atoms with van der Waals surface area (Å²) < 4.78 is 0. The molecule has 0 saturated heterocycles. The van der Waals surface area contributed by atoms with Gasteiger partial charge >= 0.3 is 0 Å². The summed E-state index contributed by atoms with van der Waals surface area (Å²) >= 11 is 5.69. The maximum Gasteiger partial charge on any atom is 0.252 e. The minimum atomic E-state index is -0.103. The number of nitrogens with one attached hydrogen (secondary N) is 1. The standard InChI is InChI=1S/C11H16ClN3O/c1-9(7-12)3-2-5-13-11(16)10-4-6-14-15-8-10/h4,6,8-9H,2-3,5,7H2,1H3,(H,13,16). The van der Waals surface area contributed by atoms with Crippen LogP contribution >= 0.6 is 11.6 Å². The van der Waals surface area contributed by atoms with E-state index in [1.54, 1.807) is 6.07 Å². The van der Waals surface area contributed by atoms with Crippen LogP contribution in [0.5, 0.6) is 0 Å². The number of aromatic nitrogens is 2. The molecule has 0 saturated carbocycles. The Bertz CT molecular complexity index is 318. The van der Waals surface area contributed by atoms with Gasteiger partial charge in [0.05, 0.1) is 18.0 Å². The van der Waals surface area contributed by atoms with E-state index in [4.69, 9.17) is 11.6 Å². The van der Waals surface area contributed by atoms with Crippen LogP contribution in [-0.4, -0.2) is 28.5 Å². The van der Waals surface area contributed by atoms with E-state index in [9.17, 15) is 4.79 Å². The molecule has 1 unspecified atom stereocenters. The molecule has 1 N–H and O–H groups in total. The first-order valence-electron chi connectivity index (χ1n) is 5.35. The summed E-state index contributed by atoms with van der Waals surface area (Å²) in [6.07, 6.45) is 4.93. The zero-order valence-corrected chi connectivity index (χ0v) is 10.1. The molecule has 1 heterocycles. The second kappa shape index (κ2) is 7.17. The van der Waals surface area contributed by atoms with Gasteiger partial charge in [0.15, 0.2) is 0 Å². The molecule has 1 amide bonds. The zero-order chi connectivity index (χ0) is 11.8. The number of nitrogens with zero attached hydrogens (tertiary/aromatic N) is 2. The Balaban J connectivity index is 2.21. The molecule has 0 aliphatic carbocycles. The van der Waals surface area contributed by atoms with Gasteiger partial charge in [-0.2, -0.15) is 10.2 Å². The fourth-order valence-corrected chi connectivity index (χ4v) is 1.41. The fraction of sp³-hybridized carbons (Fsp3) is 0.545. The number of amides is 1. The average molecular weight is 242 g/mol. The molecule has 4 nitrogen and oxygen atoms in total. The minimum Gasteiger partial charge on any atom is -0.352 e. The van der Waals surface area contributed by atoms with Gasteiger partial charge in [-0.05, 0) is 24.8 Å². The molecule has 88 valence electrons. The van der Waals surface area contributed by atoms with Crippen molar-refractivity contribution >= 4 is 17.5 Å². The van der Waals surface area contributed by atoms with Gasteiger partial charge in [-0.3, -0.25) is 4.79 Å². The summed E-state index contributed by atoms with van der Waals surface area (Å²) in [5.74, 6) is 1.07. The Hall–Kier alpha value is -1.16. The predicted molar refractivity (Wildman–Crippen MR) is 63.5 cm³/mol. The van der Waals surface area contributed by atoms with Crippen LogP contribution in [0.1, 0.15) is 30.1 Å². The summed E-state index contributed by atoms with van der Waals surface area (Å²) in [6.45, 7) is 2.77. The van der Waals surface area contributed by atoms with Crippen LogP contribution in [0, 0.1) is 5.92 Å². The Labute approximate surface area is 100 Å². The molecule has 1 atom stereocenters. The maximum absolute atomic E-state index is 11.6. The van der Waals surface area contributed by atoms with Gasteiger partial charge in [0.2, 0.25) is 0 Å². The van der Waals surface area contributed by atoms with E-state index in [1.807, 2.05) is 0 Å². The molecule has 0 aliphatic rings. The number of rotatable bonds is 6. The Morgan fingerprint density at radius 1 is 1.56 bits per heavy atom. The van der Waals surface area contributed by atoms with Crippen LogP contribution in [0.25, 0.3) is 0 Å². The lowest BCUT2D eigenvalue weighted by molar-refractivity contribution is 0.0952. The highest BCUT2D eigenvalue weighted by Crippen LogP contribution is 2.06. The number of carbonyl (C=O) groups is 1. The molecule has 5 heteroatoms. The summed E-state index contributed by atoms with van der Waals surface area (Å²) in [5, 5.41) is 10.1. The molecule has 0 spiro atoms. The highest BCUT2D eigenvalue weighted by molar-refractivity contribution is 6.18. The lowest BCUT2D eigenvalue weighted by atomic mass is 10.1. The van der Waals surface area contributed by atoms with Gasteiger partial charge in [0.25, 0.3) is 5.91 Å². The molecule has 1 rings (SSSR count). The third kappa shape index (κ3) is 4.57. The summed E-state index contributed by atoms with van der Waals surface area (Å²) in [5.41, 5.74) is 0.542. The minimum absolute atomic E-state index is 0.103. The molecule has 1 aromatic heterocycles. The van der Waals surface area contributed by atoms with E-state index in [0.29, 0.717) is 23.9 Å². The van der Waals surface area contributed by atoms with Gasteiger partial charge in [-0.25, -0.2) is 0 Å². The third-order valence-corrected chi connectivity index (χ3v) is 2.80. The monoisotopic (exact) mass is 241 g/mol. The van der Waals surface area contributed by atoms with Gasteiger partial charge in [-0.1, -0.05) is 6.92 Å². The van der Waals surface area contributed by atoms with Crippen molar-refractivity contribution in [1.82, 2.24) is 15.5 Å². The zero-order valence-electron chi connectivity index (χ0n) is 9.32. The van der Waals surface area contributed by atoms with Crippen molar-refractivity contribution in [3.63, 3.8) is 0 Å². The van der Waals surface area contributed by atoms with E-state index in [-0.39, 0.29) is 5.91 Å². The Morgan fingerprint density at radius 3 is 3.00 bits per heavy atom. The first-order chi connectivity index (χ1) is 7.74. The van der Waals surface area contributed by atoms with Crippen LogP contribution in [0.3, 0.4) is 0 Å². The second-order valence-electron chi connectivity index (χ2n) is 3.79. The number of alkyl halides is 1. The average Bonchev–Trinajstić information content (AvgIpc) is 2.35. The van der Waals surface area contributed by atoms with Gasteiger partial charge in [-0.15, -0.1) is 11.6 Å². The smallest absolute Gasteiger partial charge is 0.252 e. The van der Waals surface area contributed by atoms with Crippen molar-refractivity contribution in [2.45, 2.75) is 19.8 Å². The summed E-state index contributed by atoms with van der Waals surface area (Å²) in [4.78, 5) is 11.6. The van der Waals surface area contributed by atoms with Crippen LogP contribution < -0.4 is 5.32 Å². The molecule has 0 radical (unpaired) electrons. The topological polar surface area (TPSA) is 54.9 Å². The van der Waals surface area contributed by atoms with Gasteiger partial charge < -0.3 is 5.32 Å². The maximum atomic E-state index is 11.6. The molecule has 16 heavy (non-hydrogen) atoms. The van der Waals surface area contributed by atoms with Crippen molar-refractivity contribution in [2.75, 3.05) is 12.4 Å². The van der Waals surface area contributed by atoms with Crippen molar-refractivity contribution in [1.29, 1.82) is 0 Å². The van der Waals surface area contributed by atoms with Crippen LogP contribution in [0.2, 0.25) is 0 Å². The van der Waals surface area contributed by atoms with Crippen molar-refractivity contribution in [3.8, 4) is 0 Å². The van der Waals surface area contributed by atoms with Gasteiger partial charge in [0.1, 0.15) is 0 Å². The van der Waals surface area contributed by atoms with Crippen molar-refractivity contribution in [3.05, 3.63) is 24.0 Å². The molecular weight excluding hydrogens is 226 g/mol. The number of hydrogen-bond donors (Lipinski definition) is 1. The molecule has 1 aromatic rings. The first kappa shape index (κ1) is 12.9. The predicted octanol–water partition coefficient (Wildman–Crippen LogP) is 1.86. The third-order valence-electron chi connectivity index (χ3n) is 2.27. The van der Waals surface area contributed by atoms with E-state index in [2.05, 4.69) is 22.4 Å². The number of carbonyl (C=O) groups excluding carboxylic acids is 1. The summed E-state index contributed by atoms with van der Waals surface area (Å²) in [7, 11) is 0. The molecule has 0 bridgehead atoms. The van der Waals surface area contributed by atoms with Crippen molar-refractivity contribution in [2.24, 2.45) is 5.92 Å². The Morgan fingerprint density at radius 2 is 2.38 bits per heavy atom. The molecule has 0 aliphatic heterocycles. The lowest BCUT2D eigenvalue weighted by Gasteiger charge is -2.07. The lowest BCUT2D eigenvalue weighted by Crippen LogP contribution is -2.24. The van der Waals surface area contributed by atoms with Crippen LogP contribution in [0.4, 0.5) is 0 Å². The number of halogens is 1. The highest BCUT2D eigenvalue weighted by Gasteiger charge is 2.05. The fourth-order valence-electron chi connectivity index (χ4n) is 1.26. The van der Waals surface area contributed by atoms with Crippen LogP contribution in [0.15, 0.2) is 18.5 Å². The largest absolute Gasteiger partial charge is 0.352 e. The normalized spacial score (nSPS) is 12.1. The molecule has 0 aromatic carbocycles. The summed E-state index contributed by atoms with van der Waals surface area (Å²) in [6, 6.07) is 1.64. The van der Waals surface area contributed by atoms with Crippen molar-refractivity contribution < 1.29 is 4.79 Å². The van der Waals surface area contributed by atoms with E-state index in [0.717, 1.165) is 12.8 Å². The Kier molecular flexibility index (Phi) is 5.78. The van der Waals surface area contributed by atoms with Crippen LogP contribution in [-0.2, 0) is 0 Å². The molecular formula is C11H16ClN3O. The first-order valence-corrected chi connectivity index (χ1v) is 5.88. The SMILES string of the molecule is CC(CCl)CCCNC(=O)c1ccnnc1. The quantitative estimate of drug-likeness (QED) is 0.611. The highest BCUT2D eigenvalue weighted by atomic mass is 35.5. The molecule has 0 fully saturated rings. The van der Waals surface area contributed by atoms with E-state index < -0.39 is 0 Å². The number of hydrogen-bond acceptors (Lipinski definition) is 3. The van der Waals surface area contributed by atoms with Gasteiger partial charge in [0, 0.05) is 12.4 Å².